The van der Waals surface area contributed by atoms with Crippen LogP contribution in [0.3, 0.4) is 0 Å². The van der Waals surface area contributed by atoms with Crippen molar-refractivity contribution in [3.8, 4) is 11.8 Å². The number of carbonyl (C=O) groups excluding carboxylic acids is 3. The van der Waals surface area contributed by atoms with Gasteiger partial charge >= 0.3 is 0 Å². The molecule has 44 heavy (non-hydrogen) atoms. The van der Waals surface area contributed by atoms with Crippen molar-refractivity contribution in [1.82, 2.24) is 20.7 Å². The number of amides is 3. The van der Waals surface area contributed by atoms with E-state index in [-0.39, 0.29) is 73.6 Å². The summed E-state index contributed by atoms with van der Waals surface area (Å²) >= 11 is 0. The number of halogens is 2. The van der Waals surface area contributed by atoms with E-state index in [1.54, 1.807) is 25.8 Å². The van der Waals surface area contributed by atoms with Crippen LogP contribution in [0.4, 0.5) is 8.78 Å². The Morgan fingerprint density at radius 1 is 0.886 bits per heavy atom. The lowest BCUT2D eigenvalue weighted by Gasteiger charge is -2.37. The van der Waals surface area contributed by atoms with Gasteiger partial charge in [0.05, 0.1) is 12.1 Å². The lowest BCUT2D eigenvalue weighted by Crippen LogP contribution is -2.55. The second kappa shape index (κ2) is 19.3. The molecular weight excluding hydrogens is 566 g/mol. The van der Waals surface area contributed by atoms with E-state index in [9.17, 15) is 28.3 Å². The Morgan fingerprint density at radius 2 is 1.48 bits per heavy atom. The van der Waals surface area contributed by atoms with Gasteiger partial charge in [0.1, 0.15) is 12.3 Å². The molecule has 0 aromatic carbocycles. The molecule has 10 heteroatoms. The predicted molar refractivity (Wildman–Crippen MR) is 169 cm³/mol. The van der Waals surface area contributed by atoms with Gasteiger partial charge in [-0.25, -0.2) is 13.8 Å². The first-order valence-electron chi connectivity index (χ1n) is 16.9. The van der Waals surface area contributed by atoms with Crippen molar-refractivity contribution in [2.24, 2.45) is 29.6 Å². The van der Waals surface area contributed by atoms with E-state index < -0.39 is 30.4 Å². The van der Waals surface area contributed by atoms with Gasteiger partial charge < -0.3 is 15.3 Å². The minimum absolute atomic E-state index is 0.0563. The van der Waals surface area contributed by atoms with Crippen LogP contribution in [0.25, 0.3) is 0 Å². The molecule has 0 aliphatic heterocycles. The van der Waals surface area contributed by atoms with E-state index in [4.69, 9.17) is 0 Å². The highest BCUT2D eigenvalue weighted by Gasteiger charge is 2.39. The summed E-state index contributed by atoms with van der Waals surface area (Å²) < 4.78 is 28.7. The fraction of sp³-hybridized carbons (Fsp3) is 0.853. The Morgan fingerprint density at radius 3 is 2.02 bits per heavy atom. The molecule has 2 fully saturated rings. The Bertz CT molecular complexity index is 955. The number of alkyl halides is 2. The van der Waals surface area contributed by atoms with Crippen LogP contribution in [0.15, 0.2) is 0 Å². The molecule has 2 saturated carbocycles. The van der Waals surface area contributed by atoms with Gasteiger partial charge in [-0.05, 0) is 70.6 Å². The lowest BCUT2D eigenvalue weighted by atomic mass is 9.74. The molecular formula is C34H58F2N4O4. The van der Waals surface area contributed by atoms with Crippen molar-refractivity contribution >= 4 is 17.7 Å². The van der Waals surface area contributed by atoms with Gasteiger partial charge in [0, 0.05) is 56.3 Å². The molecule has 0 aromatic heterocycles. The second-order valence-electron chi connectivity index (χ2n) is 13.3. The first kappa shape index (κ1) is 37.9. The third-order valence-electron chi connectivity index (χ3n) is 8.84. The molecule has 7 atom stereocenters. The van der Waals surface area contributed by atoms with E-state index in [2.05, 4.69) is 22.6 Å². The number of hydrogen-bond donors (Lipinski definition) is 3. The number of aliphatic hydroxyl groups is 1. The highest BCUT2D eigenvalue weighted by atomic mass is 19.1. The Labute approximate surface area is 264 Å². The van der Waals surface area contributed by atoms with Crippen LogP contribution in [0.2, 0.25) is 0 Å². The monoisotopic (exact) mass is 624 g/mol. The summed E-state index contributed by atoms with van der Waals surface area (Å²) in [4.78, 5) is 41.8. The van der Waals surface area contributed by atoms with Gasteiger partial charge in [0.25, 0.3) is 0 Å². The third kappa shape index (κ3) is 12.3. The Hall–Kier alpha value is -2.25. The van der Waals surface area contributed by atoms with Crippen molar-refractivity contribution < 1.29 is 28.3 Å². The average Bonchev–Trinajstić information content (AvgIpc) is 2.95. The normalized spacial score (nSPS) is 26.8. The Balaban J connectivity index is 2.27. The largest absolute Gasteiger partial charge is 0.390 e. The molecule has 0 heterocycles. The van der Waals surface area contributed by atoms with Gasteiger partial charge in [0.2, 0.25) is 17.7 Å². The maximum Gasteiger partial charge on any atom is 0.236 e. The average molecular weight is 625 g/mol. The molecule has 7 unspecified atom stereocenters. The van der Waals surface area contributed by atoms with E-state index in [0.717, 1.165) is 19.3 Å². The Kier molecular flexibility index (Phi) is 16.6. The fourth-order valence-corrected chi connectivity index (χ4v) is 6.74. The third-order valence-corrected chi connectivity index (χ3v) is 8.84. The summed E-state index contributed by atoms with van der Waals surface area (Å²) in [5, 5.41) is 16.2. The van der Waals surface area contributed by atoms with Gasteiger partial charge in [-0.1, -0.05) is 34.6 Å². The van der Waals surface area contributed by atoms with Gasteiger partial charge in [0.15, 0.2) is 0 Å². The zero-order chi connectivity index (χ0) is 32.8. The molecule has 3 N–H and O–H groups in total. The second-order valence-corrected chi connectivity index (χ2v) is 13.3. The number of carbonyl (C=O) groups is 3. The predicted octanol–water partition coefficient (Wildman–Crippen LogP) is 4.80. The van der Waals surface area contributed by atoms with E-state index in [1.807, 2.05) is 25.7 Å². The standard InChI is InChI=1S/C34H58F2N4O4/c1-7-11-24-15-26(20-27(16-24)34(44)39(12-8-2)13-9-3)33(43)37-30(19-25-17-28(35)21-29(36)18-25)31(41)22-40(14-10-4)38-32(42)23(5)6/h23-31,41H,8-10,12-22H2,1-6H3,(H,37,43)(H,38,42). The lowest BCUT2D eigenvalue weighted by molar-refractivity contribution is -0.139. The van der Waals surface area contributed by atoms with Gasteiger partial charge in [-0.15, -0.1) is 11.8 Å². The first-order chi connectivity index (χ1) is 20.9. The first-order valence-corrected chi connectivity index (χ1v) is 16.9. The number of hydrogen-bond acceptors (Lipinski definition) is 5. The quantitative estimate of drug-likeness (QED) is 0.169. The van der Waals surface area contributed by atoms with Crippen LogP contribution in [0.5, 0.6) is 0 Å². The highest BCUT2D eigenvalue weighted by Crippen LogP contribution is 2.36. The molecule has 0 bridgehead atoms. The van der Waals surface area contributed by atoms with E-state index in [0.29, 0.717) is 38.9 Å². The summed E-state index contributed by atoms with van der Waals surface area (Å²) in [5.41, 5.74) is 2.85. The fourth-order valence-electron chi connectivity index (χ4n) is 6.74. The van der Waals surface area contributed by atoms with Crippen molar-refractivity contribution in [1.29, 1.82) is 0 Å². The smallest absolute Gasteiger partial charge is 0.236 e. The summed E-state index contributed by atoms with van der Waals surface area (Å²) in [5.74, 6) is 4.27. The molecule has 0 radical (unpaired) electrons. The molecule has 3 amide bonds. The van der Waals surface area contributed by atoms with E-state index in [1.165, 1.54) is 0 Å². The maximum absolute atomic E-state index is 14.3. The molecule has 8 nitrogen and oxygen atoms in total. The minimum Gasteiger partial charge on any atom is -0.390 e. The zero-order valence-corrected chi connectivity index (χ0v) is 27.9. The molecule has 252 valence electrons. The van der Waals surface area contributed by atoms with Crippen molar-refractivity contribution in [3.05, 3.63) is 0 Å². The number of nitrogens with zero attached hydrogens (tertiary/aromatic N) is 2. The molecule has 0 saturated heterocycles. The van der Waals surface area contributed by atoms with Crippen LogP contribution >= 0.6 is 0 Å². The molecule has 0 aromatic rings. The number of nitrogens with one attached hydrogen (secondary N) is 2. The van der Waals surface area contributed by atoms with E-state index >= 15 is 0 Å². The summed E-state index contributed by atoms with van der Waals surface area (Å²) in [6.45, 7) is 13.3. The SMILES string of the molecule is CC#CC1CC(C(=O)NC(CC2CC(F)CC(F)C2)C(O)CN(CCC)NC(=O)C(C)C)CC(C(=O)N(CCC)CCC)C1. The summed E-state index contributed by atoms with van der Waals surface area (Å²) in [6, 6.07) is -0.774. The summed E-state index contributed by atoms with van der Waals surface area (Å²) in [7, 11) is 0. The van der Waals surface area contributed by atoms with Crippen LogP contribution in [-0.2, 0) is 14.4 Å². The number of rotatable bonds is 16. The minimum atomic E-state index is -1.26. The molecule has 2 rings (SSSR count). The van der Waals surface area contributed by atoms with Crippen molar-refractivity contribution in [2.45, 2.75) is 130 Å². The van der Waals surface area contributed by atoms with Crippen molar-refractivity contribution in [2.75, 3.05) is 26.2 Å². The highest BCUT2D eigenvalue weighted by molar-refractivity contribution is 5.83. The van der Waals surface area contributed by atoms with Crippen LogP contribution in [-0.4, -0.2) is 83.4 Å². The molecule has 2 aliphatic rings. The van der Waals surface area contributed by atoms with Crippen LogP contribution in [0, 0.1) is 41.4 Å². The zero-order valence-electron chi connectivity index (χ0n) is 27.9. The number of aliphatic hydroxyl groups excluding tert-OH is 1. The molecule has 0 spiro atoms. The number of hydrazine groups is 1. The maximum atomic E-state index is 14.3. The van der Waals surface area contributed by atoms with Gasteiger partial charge in [-0.3, -0.25) is 19.8 Å². The topological polar surface area (TPSA) is 102 Å². The van der Waals surface area contributed by atoms with Crippen LogP contribution < -0.4 is 10.7 Å². The van der Waals surface area contributed by atoms with Crippen LogP contribution in [0.1, 0.15) is 106 Å². The van der Waals surface area contributed by atoms with Gasteiger partial charge in [-0.2, -0.15) is 0 Å². The van der Waals surface area contributed by atoms with Crippen molar-refractivity contribution in [3.63, 3.8) is 0 Å². The molecule has 2 aliphatic carbocycles. The summed E-state index contributed by atoms with van der Waals surface area (Å²) in [6.07, 6.45) is 0.812.